The summed E-state index contributed by atoms with van der Waals surface area (Å²) >= 11 is 0. The average Bonchev–Trinajstić information content (AvgIpc) is 2.31. The largest absolute Gasteiger partial charge is 0.537 e. The Kier molecular flexibility index (Phi) is 3.40. The summed E-state index contributed by atoms with van der Waals surface area (Å²) in [7, 11) is -0.300. The van der Waals surface area contributed by atoms with Gasteiger partial charge in [-0.15, -0.1) is 0 Å². The van der Waals surface area contributed by atoms with Gasteiger partial charge in [-0.1, -0.05) is 6.08 Å². The Balaban J connectivity index is 2.29. The van der Waals surface area contributed by atoms with E-state index in [-0.39, 0.29) is 7.69 Å². The van der Waals surface area contributed by atoms with Crippen LogP contribution in [0.15, 0.2) is 24.5 Å². The van der Waals surface area contributed by atoms with Crippen LogP contribution in [0.5, 0.6) is 5.75 Å². The molecule has 3 nitrogen and oxygen atoms in total. The van der Waals surface area contributed by atoms with Crippen molar-refractivity contribution < 1.29 is 9.68 Å². The first-order valence-electron chi connectivity index (χ1n) is 5.29. The molecule has 0 amide bonds. The molecule has 1 aliphatic carbocycles. The summed E-state index contributed by atoms with van der Waals surface area (Å²) < 4.78 is 5.14. The van der Waals surface area contributed by atoms with Crippen LogP contribution in [0.1, 0.15) is 31.2 Å². The van der Waals surface area contributed by atoms with Crippen LogP contribution in [0.25, 0.3) is 5.57 Å². The molecule has 2 rings (SSSR count). The molecule has 0 spiro atoms. The van der Waals surface area contributed by atoms with Crippen LogP contribution >= 0.6 is 0 Å². The second kappa shape index (κ2) is 4.98. The average molecular weight is 203 g/mol. The molecule has 1 N–H and O–H groups in total. The van der Waals surface area contributed by atoms with Gasteiger partial charge in [-0.05, 0) is 37.3 Å². The molecular weight excluding hydrogens is 189 g/mol. The van der Waals surface area contributed by atoms with Crippen molar-refractivity contribution in [3.63, 3.8) is 0 Å². The standard InChI is InChI=1S/C11H14BNO2/c14-12-15-11-8-13-7-6-10(11)9-4-2-1-3-5-9/h4,6-8,12,14H,1-3,5H2. The molecule has 0 radical (unpaired) electrons. The molecule has 1 heterocycles. The summed E-state index contributed by atoms with van der Waals surface area (Å²) in [6.45, 7) is 0. The fraction of sp³-hybridized carbons (Fsp3) is 0.364. The molecular formula is C11H14BNO2. The van der Waals surface area contributed by atoms with Crippen molar-refractivity contribution in [2.24, 2.45) is 0 Å². The van der Waals surface area contributed by atoms with Crippen LogP contribution in [-0.2, 0) is 0 Å². The van der Waals surface area contributed by atoms with Crippen molar-refractivity contribution in [1.82, 2.24) is 4.98 Å². The third kappa shape index (κ3) is 2.39. The predicted octanol–water partition coefficient (Wildman–Crippen LogP) is 1.68. The molecule has 4 heteroatoms. The first kappa shape index (κ1) is 10.2. The van der Waals surface area contributed by atoms with Crippen LogP contribution in [0.4, 0.5) is 0 Å². The van der Waals surface area contributed by atoms with Gasteiger partial charge < -0.3 is 9.68 Å². The summed E-state index contributed by atoms with van der Waals surface area (Å²) in [6, 6.07) is 1.95. The van der Waals surface area contributed by atoms with Crippen molar-refractivity contribution in [3.05, 3.63) is 30.1 Å². The number of rotatable bonds is 3. The molecule has 0 aliphatic heterocycles. The maximum absolute atomic E-state index is 8.77. The highest BCUT2D eigenvalue weighted by Gasteiger charge is 2.11. The van der Waals surface area contributed by atoms with Crippen LogP contribution in [-0.4, -0.2) is 17.7 Å². The number of allylic oxidation sites excluding steroid dienone is 2. The van der Waals surface area contributed by atoms with E-state index in [0.717, 1.165) is 18.4 Å². The normalized spacial score (nSPS) is 15.7. The second-order valence-corrected chi connectivity index (χ2v) is 3.62. The first-order valence-corrected chi connectivity index (χ1v) is 5.29. The Bertz CT molecular complexity index is 365. The zero-order valence-corrected chi connectivity index (χ0v) is 8.65. The number of aromatic nitrogens is 1. The highest BCUT2D eigenvalue weighted by Crippen LogP contribution is 2.31. The Labute approximate surface area is 90.1 Å². The van der Waals surface area contributed by atoms with Crippen molar-refractivity contribution in [2.45, 2.75) is 25.7 Å². The van der Waals surface area contributed by atoms with E-state index < -0.39 is 0 Å². The lowest BCUT2D eigenvalue weighted by Crippen LogP contribution is -2.03. The zero-order valence-electron chi connectivity index (χ0n) is 8.65. The minimum Gasteiger partial charge on any atom is -0.537 e. The first-order chi connectivity index (χ1) is 7.42. The monoisotopic (exact) mass is 203 g/mol. The zero-order chi connectivity index (χ0) is 10.5. The van der Waals surface area contributed by atoms with Crippen molar-refractivity contribution in [3.8, 4) is 5.75 Å². The van der Waals surface area contributed by atoms with Gasteiger partial charge in [0.25, 0.3) is 0 Å². The highest BCUT2D eigenvalue weighted by atomic mass is 16.5. The van der Waals surface area contributed by atoms with Crippen molar-refractivity contribution in [1.29, 1.82) is 0 Å². The Morgan fingerprint density at radius 3 is 3.07 bits per heavy atom. The minimum atomic E-state index is -0.300. The molecule has 1 aromatic heterocycles. The Hall–Kier alpha value is -1.29. The molecule has 0 saturated carbocycles. The number of pyridine rings is 1. The topological polar surface area (TPSA) is 42.4 Å². The smallest absolute Gasteiger partial charge is 0.504 e. The van der Waals surface area contributed by atoms with E-state index in [2.05, 4.69) is 11.1 Å². The highest BCUT2D eigenvalue weighted by molar-refractivity contribution is 6.17. The van der Waals surface area contributed by atoms with Gasteiger partial charge in [0.2, 0.25) is 0 Å². The Morgan fingerprint density at radius 1 is 1.40 bits per heavy atom. The molecule has 0 saturated heterocycles. The van der Waals surface area contributed by atoms with E-state index >= 15 is 0 Å². The maximum Gasteiger partial charge on any atom is 0.504 e. The number of hydrogen-bond donors (Lipinski definition) is 1. The molecule has 0 bridgehead atoms. The second-order valence-electron chi connectivity index (χ2n) is 3.62. The number of hydrogen-bond acceptors (Lipinski definition) is 3. The van der Waals surface area contributed by atoms with Gasteiger partial charge in [-0.25, -0.2) is 0 Å². The summed E-state index contributed by atoms with van der Waals surface area (Å²) in [4.78, 5) is 4.00. The van der Waals surface area contributed by atoms with Gasteiger partial charge in [0.05, 0.1) is 6.20 Å². The maximum atomic E-state index is 8.77. The lowest BCUT2D eigenvalue weighted by molar-refractivity contribution is 0.451. The molecule has 1 aromatic rings. The fourth-order valence-corrected chi connectivity index (χ4v) is 1.91. The predicted molar refractivity (Wildman–Crippen MR) is 60.7 cm³/mol. The van der Waals surface area contributed by atoms with Gasteiger partial charge in [-0.3, -0.25) is 4.98 Å². The molecule has 1 aliphatic rings. The van der Waals surface area contributed by atoms with Crippen LogP contribution in [0.2, 0.25) is 0 Å². The quantitative estimate of drug-likeness (QED) is 0.759. The Morgan fingerprint density at radius 2 is 2.33 bits per heavy atom. The molecule has 0 atom stereocenters. The van der Waals surface area contributed by atoms with E-state index in [1.807, 2.05) is 6.07 Å². The minimum absolute atomic E-state index is 0.300. The van der Waals surface area contributed by atoms with E-state index in [0.29, 0.717) is 5.75 Å². The van der Waals surface area contributed by atoms with Crippen LogP contribution in [0.3, 0.4) is 0 Å². The summed E-state index contributed by atoms with van der Waals surface area (Å²) in [5.74, 6) is 0.674. The van der Waals surface area contributed by atoms with E-state index in [1.54, 1.807) is 12.4 Å². The van der Waals surface area contributed by atoms with Gasteiger partial charge >= 0.3 is 7.69 Å². The summed E-state index contributed by atoms with van der Waals surface area (Å²) in [5.41, 5.74) is 2.38. The lowest BCUT2D eigenvalue weighted by Gasteiger charge is -2.15. The molecule has 0 fully saturated rings. The fourth-order valence-electron chi connectivity index (χ4n) is 1.91. The lowest BCUT2D eigenvalue weighted by atomic mass is 9.94. The third-order valence-corrected chi connectivity index (χ3v) is 2.64. The van der Waals surface area contributed by atoms with E-state index in [1.165, 1.54) is 18.4 Å². The van der Waals surface area contributed by atoms with E-state index in [9.17, 15) is 0 Å². The molecule has 78 valence electrons. The van der Waals surface area contributed by atoms with Crippen molar-refractivity contribution in [2.75, 3.05) is 0 Å². The summed E-state index contributed by atoms with van der Waals surface area (Å²) in [5, 5.41) is 8.77. The SMILES string of the molecule is OBOc1cnccc1C1=CCCCC1. The summed E-state index contributed by atoms with van der Waals surface area (Å²) in [6.07, 6.45) is 10.4. The van der Waals surface area contributed by atoms with Crippen LogP contribution < -0.4 is 4.65 Å². The molecule has 0 unspecified atom stereocenters. The van der Waals surface area contributed by atoms with Gasteiger partial charge in [0.15, 0.2) is 0 Å². The number of nitrogens with zero attached hydrogens (tertiary/aromatic N) is 1. The van der Waals surface area contributed by atoms with Gasteiger partial charge in [0, 0.05) is 11.8 Å². The van der Waals surface area contributed by atoms with Gasteiger partial charge in [-0.2, -0.15) is 0 Å². The third-order valence-electron chi connectivity index (χ3n) is 2.64. The van der Waals surface area contributed by atoms with E-state index in [4.69, 9.17) is 9.68 Å². The molecule has 15 heavy (non-hydrogen) atoms. The molecule has 0 aromatic carbocycles. The van der Waals surface area contributed by atoms with Crippen molar-refractivity contribution >= 4 is 13.3 Å². The van der Waals surface area contributed by atoms with Crippen LogP contribution in [0, 0.1) is 0 Å². The van der Waals surface area contributed by atoms with Gasteiger partial charge in [0.1, 0.15) is 5.75 Å².